The van der Waals surface area contributed by atoms with E-state index in [-0.39, 0.29) is 10.8 Å². The fourth-order valence-corrected chi connectivity index (χ4v) is 3.26. The maximum Gasteiger partial charge on any atom is 0.276 e. The predicted octanol–water partition coefficient (Wildman–Crippen LogP) is 3.73. The average molecular weight is 302 g/mol. The van der Waals surface area contributed by atoms with Crippen molar-refractivity contribution >= 4 is 34.9 Å². The van der Waals surface area contributed by atoms with Crippen LogP contribution in [0.1, 0.15) is 25.7 Å². The molecular weight excluding hydrogens is 286 g/mol. The molecule has 0 amide bonds. The van der Waals surface area contributed by atoms with Crippen molar-refractivity contribution < 1.29 is 4.92 Å². The van der Waals surface area contributed by atoms with Gasteiger partial charge in [-0.3, -0.25) is 10.1 Å². The topological polar surface area (TPSA) is 68.1 Å². The van der Waals surface area contributed by atoms with E-state index < -0.39 is 4.92 Å². The van der Waals surface area contributed by atoms with Gasteiger partial charge in [0.15, 0.2) is 0 Å². The van der Waals surface area contributed by atoms with E-state index in [4.69, 9.17) is 11.6 Å². The van der Waals surface area contributed by atoms with Gasteiger partial charge in [-0.15, -0.1) is 0 Å². The van der Waals surface area contributed by atoms with Crippen molar-refractivity contribution in [1.29, 1.82) is 0 Å². The number of anilines is 1. The van der Waals surface area contributed by atoms with Crippen LogP contribution in [0.5, 0.6) is 0 Å². The Kier molecular flexibility index (Phi) is 4.87. The van der Waals surface area contributed by atoms with Gasteiger partial charge in [0.05, 0.1) is 17.1 Å². The summed E-state index contributed by atoms with van der Waals surface area (Å²) in [4.78, 5) is 14.4. The van der Waals surface area contributed by atoms with E-state index >= 15 is 0 Å². The van der Waals surface area contributed by atoms with Gasteiger partial charge in [-0.1, -0.05) is 11.6 Å². The first-order valence-corrected chi connectivity index (χ1v) is 7.86. The zero-order chi connectivity index (χ0) is 13.8. The van der Waals surface area contributed by atoms with Crippen LogP contribution in [0.2, 0.25) is 5.15 Å². The van der Waals surface area contributed by atoms with Gasteiger partial charge >= 0.3 is 0 Å². The molecule has 2 rings (SSSR count). The molecule has 0 unspecified atom stereocenters. The molecule has 0 atom stereocenters. The molecule has 1 N–H and O–H groups in total. The summed E-state index contributed by atoms with van der Waals surface area (Å²) in [5.74, 6) is 0.492. The van der Waals surface area contributed by atoms with Crippen LogP contribution in [0.4, 0.5) is 11.5 Å². The lowest BCUT2D eigenvalue weighted by atomic mass is 9.95. The molecule has 1 saturated carbocycles. The maximum absolute atomic E-state index is 10.8. The van der Waals surface area contributed by atoms with Crippen molar-refractivity contribution in [1.82, 2.24) is 4.98 Å². The molecule has 1 aromatic rings. The third kappa shape index (κ3) is 3.98. The summed E-state index contributed by atoms with van der Waals surface area (Å²) >= 11 is 7.71. The van der Waals surface area contributed by atoms with Gasteiger partial charge in [0.1, 0.15) is 11.0 Å². The van der Waals surface area contributed by atoms with Gasteiger partial charge in [-0.25, -0.2) is 4.98 Å². The van der Waals surface area contributed by atoms with Crippen LogP contribution in [-0.4, -0.2) is 27.5 Å². The Morgan fingerprint density at radius 2 is 2.11 bits per heavy atom. The Balaban J connectivity index is 2.01. The summed E-state index contributed by atoms with van der Waals surface area (Å²) in [6.07, 6.45) is 6.60. The van der Waals surface area contributed by atoms with Gasteiger partial charge in [0.25, 0.3) is 5.69 Å². The van der Waals surface area contributed by atoms with Crippen molar-refractivity contribution in [3.63, 3.8) is 0 Å². The summed E-state index contributed by atoms with van der Waals surface area (Å²) in [5, 5.41) is 14.9. The second-order valence-electron chi connectivity index (χ2n) is 4.64. The third-order valence-corrected chi connectivity index (χ3v) is 4.68. The first-order chi connectivity index (χ1) is 9.08. The highest BCUT2D eigenvalue weighted by Gasteiger charge is 2.21. The summed E-state index contributed by atoms with van der Waals surface area (Å²) in [5.41, 5.74) is -0.0275. The first kappa shape index (κ1) is 14.4. The molecule has 19 heavy (non-hydrogen) atoms. The van der Waals surface area contributed by atoms with E-state index in [0.29, 0.717) is 11.9 Å². The number of nitro groups is 1. The minimum Gasteiger partial charge on any atom is -0.367 e. The second-order valence-corrected chi connectivity index (χ2v) is 6.17. The number of rotatable bonds is 4. The highest BCUT2D eigenvalue weighted by Crippen LogP contribution is 2.29. The van der Waals surface area contributed by atoms with E-state index in [1.54, 1.807) is 0 Å². The largest absolute Gasteiger partial charge is 0.367 e. The molecular formula is C12H16ClN3O2S. The monoisotopic (exact) mass is 301 g/mol. The SMILES string of the molecule is CSC1CCC(Nc2cc([N+](=O)[O-])cc(Cl)n2)CC1. The van der Waals surface area contributed by atoms with Crippen molar-refractivity contribution in [3.05, 3.63) is 27.4 Å². The Hall–Kier alpha value is -1.01. The van der Waals surface area contributed by atoms with Crippen LogP contribution < -0.4 is 5.32 Å². The smallest absolute Gasteiger partial charge is 0.276 e. The lowest BCUT2D eigenvalue weighted by Crippen LogP contribution is -2.27. The van der Waals surface area contributed by atoms with Crippen molar-refractivity contribution in [2.24, 2.45) is 0 Å². The highest BCUT2D eigenvalue weighted by molar-refractivity contribution is 7.99. The molecule has 1 fully saturated rings. The number of aromatic nitrogens is 1. The van der Waals surface area contributed by atoms with Crippen LogP contribution in [0.15, 0.2) is 12.1 Å². The summed E-state index contributed by atoms with van der Waals surface area (Å²) < 4.78 is 0. The van der Waals surface area contributed by atoms with Gasteiger partial charge in [0, 0.05) is 11.3 Å². The normalized spacial score (nSPS) is 23.1. The zero-order valence-electron chi connectivity index (χ0n) is 10.6. The first-order valence-electron chi connectivity index (χ1n) is 6.20. The average Bonchev–Trinajstić information content (AvgIpc) is 2.39. The molecule has 1 aromatic heterocycles. The molecule has 0 aromatic carbocycles. The highest BCUT2D eigenvalue weighted by atomic mass is 35.5. The van der Waals surface area contributed by atoms with Crippen LogP contribution in [-0.2, 0) is 0 Å². The number of pyridine rings is 1. The molecule has 5 nitrogen and oxygen atoms in total. The van der Waals surface area contributed by atoms with Crippen LogP contribution >= 0.6 is 23.4 Å². The Labute approximate surface area is 121 Å². The summed E-state index contributed by atoms with van der Waals surface area (Å²) in [6, 6.07) is 3.03. The molecule has 104 valence electrons. The minimum absolute atomic E-state index is 0.0275. The molecule has 1 aliphatic rings. The molecule has 0 bridgehead atoms. The Morgan fingerprint density at radius 3 is 2.68 bits per heavy atom. The predicted molar refractivity (Wildman–Crippen MR) is 79.1 cm³/mol. The number of thioether (sulfide) groups is 1. The maximum atomic E-state index is 10.8. The van der Waals surface area contributed by atoms with Gasteiger partial charge < -0.3 is 5.32 Å². The number of hydrogen-bond acceptors (Lipinski definition) is 5. The molecule has 0 saturated heterocycles. The second kappa shape index (κ2) is 6.43. The zero-order valence-corrected chi connectivity index (χ0v) is 12.2. The van der Waals surface area contributed by atoms with Crippen molar-refractivity contribution in [3.8, 4) is 0 Å². The lowest BCUT2D eigenvalue weighted by molar-refractivity contribution is -0.384. The minimum atomic E-state index is -0.455. The summed E-state index contributed by atoms with van der Waals surface area (Å²) in [7, 11) is 0. The quantitative estimate of drug-likeness (QED) is 0.521. The molecule has 0 aliphatic heterocycles. The van der Waals surface area contributed by atoms with Crippen LogP contribution in [0.25, 0.3) is 0 Å². The van der Waals surface area contributed by atoms with Gasteiger partial charge in [-0.05, 0) is 31.9 Å². The number of nitrogens with zero attached hydrogens (tertiary/aromatic N) is 2. The lowest BCUT2D eigenvalue weighted by Gasteiger charge is -2.28. The third-order valence-electron chi connectivity index (χ3n) is 3.35. The molecule has 1 heterocycles. The van der Waals surface area contributed by atoms with E-state index in [9.17, 15) is 10.1 Å². The molecule has 7 heteroatoms. The number of hydrogen-bond donors (Lipinski definition) is 1. The molecule has 0 spiro atoms. The summed E-state index contributed by atoms with van der Waals surface area (Å²) in [6.45, 7) is 0. The van der Waals surface area contributed by atoms with Gasteiger partial charge in [0.2, 0.25) is 0 Å². The fourth-order valence-electron chi connectivity index (χ4n) is 2.31. The molecule has 1 aliphatic carbocycles. The molecule has 0 radical (unpaired) electrons. The number of halogens is 1. The van der Waals surface area contributed by atoms with Crippen molar-refractivity contribution in [2.75, 3.05) is 11.6 Å². The van der Waals surface area contributed by atoms with E-state index in [0.717, 1.165) is 18.1 Å². The van der Waals surface area contributed by atoms with E-state index in [2.05, 4.69) is 16.6 Å². The number of nitrogens with one attached hydrogen (secondary N) is 1. The Morgan fingerprint density at radius 1 is 1.42 bits per heavy atom. The standard InChI is InChI=1S/C12H16ClN3O2S/c1-19-10-4-2-8(3-5-10)14-12-7-9(16(17)18)6-11(13)15-12/h6-8,10H,2-5H2,1H3,(H,14,15). The van der Waals surface area contributed by atoms with Crippen LogP contribution in [0.3, 0.4) is 0 Å². The van der Waals surface area contributed by atoms with Crippen LogP contribution in [0, 0.1) is 10.1 Å². The van der Waals surface area contributed by atoms with E-state index in [1.165, 1.54) is 25.0 Å². The fraction of sp³-hybridized carbons (Fsp3) is 0.583. The van der Waals surface area contributed by atoms with Crippen molar-refractivity contribution in [2.45, 2.75) is 37.0 Å². The van der Waals surface area contributed by atoms with Gasteiger partial charge in [-0.2, -0.15) is 11.8 Å². The Bertz CT molecular complexity index is 464. The van der Waals surface area contributed by atoms with E-state index in [1.807, 2.05) is 11.8 Å².